The number of H-pyrrole nitrogens is 1. The summed E-state index contributed by atoms with van der Waals surface area (Å²) in [5.41, 5.74) is 1.24. The van der Waals surface area contributed by atoms with E-state index < -0.39 is 0 Å². The van der Waals surface area contributed by atoms with Crippen molar-refractivity contribution < 1.29 is 9.53 Å². The molecule has 0 amide bonds. The Bertz CT molecular complexity index is 257. The van der Waals surface area contributed by atoms with E-state index in [2.05, 4.69) is 10.3 Å². The summed E-state index contributed by atoms with van der Waals surface area (Å²) in [6.07, 6.45) is 4.76. The lowest BCUT2D eigenvalue weighted by Crippen LogP contribution is -2.26. The first kappa shape index (κ1) is 10.8. The van der Waals surface area contributed by atoms with Crippen molar-refractivity contribution in [1.29, 1.82) is 0 Å². The van der Waals surface area contributed by atoms with Gasteiger partial charge in [0.1, 0.15) is 0 Å². The van der Waals surface area contributed by atoms with Crippen molar-refractivity contribution in [2.75, 3.05) is 19.7 Å². The summed E-state index contributed by atoms with van der Waals surface area (Å²) >= 11 is 0. The number of ether oxygens (including phenoxy) is 1. The first-order valence-corrected chi connectivity index (χ1v) is 4.81. The number of carbonyl (C=O) groups excluding carboxylic acids is 1. The summed E-state index contributed by atoms with van der Waals surface area (Å²) in [6.45, 7) is 3.32. The number of nitrogens with one attached hydrogen (secondary N) is 2. The van der Waals surface area contributed by atoms with E-state index in [0.717, 1.165) is 13.0 Å². The van der Waals surface area contributed by atoms with E-state index in [1.54, 1.807) is 6.92 Å². The predicted octanol–water partition coefficient (Wildman–Crippen LogP) is 0.710. The van der Waals surface area contributed by atoms with Crippen LogP contribution >= 0.6 is 0 Å². The molecular weight excluding hydrogens is 180 g/mol. The van der Waals surface area contributed by atoms with Gasteiger partial charge in [0.15, 0.2) is 0 Å². The number of aromatic amines is 1. The van der Waals surface area contributed by atoms with Gasteiger partial charge >= 0.3 is 5.97 Å². The number of rotatable bonds is 6. The molecule has 1 heterocycles. The lowest BCUT2D eigenvalue weighted by molar-refractivity contribution is -0.141. The maximum Gasteiger partial charge on any atom is 0.319 e. The highest BCUT2D eigenvalue weighted by Crippen LogP contribution is 1.95. The Kier molecular flexibility index (Phi) is 4.78. The second-order valence-corrected chi connectivity index (χ2v) is 2.95. The zero-order valence-corrected chi connectivity index (χ0v) is 8.38. The fraction of sp³-hybridized carbons (Fsp3) is 0.500. The molecule has 0 saturated heterocycles. The Balaban J connectivity index is 2.02. The highest BCUT2D eigenvalue weighted by molar-refractivity contribution is 5.71. The Morgan fingerprint density at radius 2 is 2.50 bits per heavy atom. The van der Waals surface area contributed by atoms with Gasteiger partial charge in [0.05, 0.1) is 13.2 Å². The zero-order chi connectivity index (χ0) is 10.2. The van der Waals surface area contributed by atoms with Gasteiger partial charge in [-0.2, -0.15) is 0 Å². The van der Waals surface area contributed by atoms with Gasteiger partial charge in [0.25, 0.3) is 0 Å². The van der Waals surface area contributed by atoms with E-state index in [4.69, 9.17) is 4.74 Å². The average Bonchev–Trinajstić information content (AvgIpc) is 2.65. The highest BCUT2D eigenvalue weighted by atomic mass is 16.5. The Labute approximate surface area is 83.7 Å². The monoisotopic (exact) mass is 196 g/mol. The number of carbonyl (C=O) groups is 1. The summed E-state index contributed by atoms with van der Waals surface area (Å²) < 4.78 is 4.77. The highest BCUT2D eigenvalue weighted by Gasteiger charge is 1.99. The Morgan fingerprint density at radius 1 is 1.64 bits per heavy atom. The van der Waals surface area contributed by atoms with E-state index in [9.17, 15) is 4.79 Å². The molecule has 0 aliphatic heterocycles. The van der Waals surface area contributed by atoms with Gasteiger partial charge < -0.3 is 15.0 Å². The minimum atomic E-state index is -0.193. The van der Waals surface area contributed by atoms with Crippen LogP contribution in [0.4, 0.5) is 0 Å². The molecule has 0 saturated carbocycles. The van der Waals surface area contributed by atoms with E-state index in [-0.39, 0.29) is 12.5 Å². The van der Waals surface area contributed by atoms with Crippen LogP contribution in [0.1, 0.15) is 12.5 Å². The molecule has 78 valence electrons. The standard InChI is InChI=1S/C10H16N2O2/c1-2-14-10(13)8-12-6-4-9-3-5-11-7-9/h3,5,7,11-12H,2,4,6,8H2,1H3. The molecule has 0 radical (unpaired) electrons. The van der Waals surface area contributed by atoms with Crippen molar-refractivity contribution >= 4 is 5.97 Å². The molecule has 14 heavy (non-hydrogen) atoms. The number of hydrogen-bond donors (Lipinski definition) is 2. The smallest absolute Gasteiger partial charge is 0.319 e. The van der Waals surface area contributed by atoms with Crippen molar-refractivity contribution in [1.82, 2.24) is 10.3 Å². The van der Waals surface area contributed by atoms with Gasteiger partial charge in [-0.15, -0.1) is 0 Å². The minimum Gasteiger partial charge on any atom is -0.465 e. The Hall–Kier alpha value is -1.29. The Morgan fingerprint density at radius 3 is 3.14 bits per heavy atom. The lowest BCUT2D eigenvalue weighted by Gasteiger charge is -2.03. The molecule has 0 fully saturated rings. The van der Waals surface area contributed by atoms with Crippen LogP contribution in [0.15, 0.2) is 18.5 Å². The normalized spacial score (nSPS) is 10.1. The minimum absolute atomic E-state index is 0.193. The molecule has 1 aromatic heterocycles. The molecule has 0 unspecified atom stereocenters. The average molecular weight is 196 g/mol. The molecule has 2 N–H and O–H groups in total. The third-order valence-corrected chi connectivity index (χ3v) is 1.83. The summed E-state index contributed by atoms with van der Waals surface area (Å²) in [7, 11) is 0. The second kappa shape index (κ2) is 6.21. The molecule has 0 aromatic carbocycles. The first-order valence-electron chi connectivity index (χ1n) is 4.81. The van der Waals surface area contributed by atoms with Crippen LogP contribution in [0.25, 0.3) is 0 Å². The number of hydrogen-bond acceptors (Lipinski definition) is 3. The first-order chi connectivity index (χ1) is 6.83. The van der Waals surface area contributed by atoms with Gasteiger partial charge in [0, 0.05) is 12.4 Å². The fourth-order valence-corrected chi connectivity index (χ4v) is 1.15. The predicted molar refractivity (Wildman–Crippen MR) is 54.0 cm³/mol. The second-order valence-electron chi connectivity index (χ2n) is 2.95. The topological polar surface area (TPSA) is 54.1 Å². The molecule has 0 spiro atoms. The molecule has 4 nitrogen and oxygen atoms in total. The summed E-state index contributed by atoms with van der Waals surface area (Å²) in [6, 6.07) is 2.02. The molecule has 0 aliphatic carbocycles. The van der Waals surface area contributed by atoms with Crippen LogP contribution in [-0.2, 0) is 16.0 Å². The van der Waals surface area contributed by atoms with E-state index >= 15 is 0 Å². The van der Waals surface area contributed by atoms with E-state index in [0.29, 0.717) is 6.61 Å². The van der Waals surface area contributed by atoms with Crippen LogP contribution in [0.5, 0.6) is 0 Å². The van der Waals surface area contributed by atoms with Crippen LogP contribution in [0.3, 0.4) is 0 Å². The fourth-order valence-electron chi connectivity index (χ4n) is 1.15. The van der Waals surface area contributed by atoms with Crippen molar-refractivity contribution in [3.05, 3.63) is 24.0 Å². The molecule has 1 rings (SSSR count). The van der Waals surface area contributed by atoms with Crippen molar-refractivity contribution in [3.8, 4) is 0 Å². The molecule has 0 atom stereocenters. The quantitative estimate of drug-likeness (QED) is 0.520. The maximum absolute atomic E-state index is 10.9. The van der Waals surface area contributed by atoms with Crippen LogP contribution in [0.2, 0.25) is 0 Å². The van der Waals surface area contributed by atoms with Gasteiger partial charge in [-0.3, -0.25) is 4.79 Å². The van der Waals surface area contributed by atoms with Gasteiger partial charge in [-0.1, -0.05) is 0 Å². The summed E-state index contributed by atoms with van der Waals surface area (Å²) in [5.74, 6) is -0.193. The molecule has 0 bridgehead atoms. The SMILES string of the molecule is CCOC(=O)CNCCc1cc[nH]c1. The molecule has 0 aliphatic rings. The van der Waals surface area contributed by atoms with Crippen LogP contribution < -0.4 is 5.32 Å². The molecule has 1 aromatic rings. The third kappa shape index (κ3) is 4.09. The number of aromatic nitrogens is 1. The molecular formula is C10H16N2O2. The van der Waals surface area contributed by atoms with Gasteiger partial charge in [0.2, 0.25) is 0 Å². The van der Waals surface area contributed by atoms with Crippen molar-refractivity contribution in [2.24, 2.45) is 0 Å². The zero-order valence-electron chi connectivity index (χ0n) is 8.38. The third-order valence-electron chi connectivity index (χ3n) is 1.83. The van der Waals surface area contributed by atoms with Crippen molar-refractivity contribution in [2.45, 2.75) is 13.3 Å². The maximum atomic E-state index is 10.9. The number of esters is 1. The summed E-state index contributed by atoms with van der Waals surface area (Å²) in [5, 5.41) is 3.02. The van der Waals surface area contributed by atoms with Gasteiger partial charge in [-0.25, -0.2) is 0 Å². The summed E-state index contributed by atoms with van der Waals surface area (Å²) in [4.78, 5) is 13.9. The van der Waals surface area contributed by atoms with E-state index in [1.165, 1.54) is 5.56 Å². The van der Waals surface area contributed by atoms with Crippen molar-refractivity contribution in [3.63, 3.8) is 0 Å². The van der Waals surface area contributed by atoms with Crippen LogP contribution in [0, 0.1) is 0 Å². The molecule has 4 heteroatoms. The largest absolute Gasteiger partial charge is 0.465 e. The van der Waals surface area contributed by atoms with Crippen LogP contribution in [-0.4, -0.2) is 30.6 Å². The van der Waals surface area contributed by atoms with E-state index in [1.807, 2.05) is 18.5 Å². The lowest BCUT2D eigenvalue weighted by atomic mass is 10.2. The van der Waals surface area contributed by atoms with Gasteiger partial charge in [-0.05, 0) is 31.5 Å².